The van der Waals surface area contributed by atoms with E-state index in [1.807, 2.05) is 75.4 Å². The topological polar surface area (TPSA) is 62.3 Å². The zero-order chi connectivity index (χ0) is 21.0. The third-order valence-corrected chi connectivity index (χ3v) is 6.26. The maximum Gasteiger partial charge on any atom is 0.245 e. The molecule has 0 bridgehead atoms. The molecule has 1 heterocycles. The Kier molecular flexibility index (Phi) is 6.64. The zero-order valence-electron chi connectivity index (χ0n) is 17.3. The van der Waals surface area contributed by atoms with Gasteiger partial charge >= 0.3 is 0 Å². The number of nitrogens with one attached hydrogen (secondary N) is 1. The highest BCUT2D eigenvalue weighted by atomic mass is 32.1. The molecule has 3 aromatic rings. The molecule has 0 radical (unpaired) electrons. The van der Waals surface area contributed by atoms with Gasteiger partial charge in [-0.1, -0.05) is 56.3 Å². The lowest BCUT2D eigenvalue weighted by atomic mass is 10.0. The molecule has 2 aromatic carbocycles. The van der Waals surface area contributed by atoms with Gasteiger partial charge in [0.15, 0.2) is 0 Å². The minimum Gasteiger partial charge on any atom is -0.344 e. The van der Waals surface area contributed by atoms with Crippen molar-refractivity contribution in [1.29, 1.82) is 0 Å². The van der Waals surface area contributed by atoms with E-state index in [4.69, 9.17) is 0 Å². The number of hydrogen-bond donors (Lipinski definition) is 1. The summed E-state index contributed by atoms with van der Waals surface area (Å²) in [6, 6.07) is 16.8. The van der Waals surface area contributed by atoms with Crippen molar-refractivity contribution in [3.8, 4) is 0 Å². The standard InChI is InChI=1S/C23H27N3O2S/c1-15(2)21(25-20(27)14-17-10-6-5-7-11-17)23(28)26(4)16(3)22-24-18-12-8-9-13-19(18)29-22/h5-13,15-16,21H,14H2,1-4H3,(H,25,27)/t16-,21-/m0/s1. The number of thiazole rings is 1. The first-order chi connectivity index (χ1) is 13.9. The SMILES string of the molecule is CC(C)[C@H](NC(=O)Cc1ccccc1)C(=O)N(C)[C@@H](C)c1nc2ccccc2s1. The fraction of sp³-hybridized carbons (Fsp3) is 0.348. The number of para-hydroxylation sites is 1. The first-order valence-electron chi connectivity index (χ1n) is 9.82. The number of aromatic nitrogens is 1. The molecule has 0 spiro atoms. The van der Waals surface area contributed by atoms with Gasteiger partial charge in [-0.3, -0.25) is 9.59 Å². The molecule has 0 unspecified atom stereocenters. The van der Waals surface area contributed by atoms with E-state index in [-0.39, 0.29) is 30.2 Å². The molecule has 2 atom stereocenters. The van der Waals surface area contributed by atoms with Crippen LogP contribution in [0.25, 0.3) is 10.2 Å². The second-order valence-electron chi connectivity index (χ2n) is 7.60. The quantitative estimate of drug-likeness (QED) is 0.636. The first-order valence-corrected chi connectivity index (χ1v) is 10.6. The molecule has 0 aliphatic carbocycles. The summed E-state index contributed by atoms with van der Waals surface area (Å²) in [5.74, 6) is -0.273. The van der Waals surface area contributed by atoms with Gasteiger partial charge in [-0.25, -0.2) is 4.98 Å². The Hall–Kier alpha value is -2.73. The second-order valence-corrected chi connectivity index (χ2v) is 8.66. The Morgan fingerprint density at radius 2 is 1.69 bits per heavy atom. The highest BCUT2D eigenvalue weighted by Crippen LogP contribution is 2.29. The largest absolute Gasteiger partial charge is 0.344 e. The number of rotatable bonds is 7. The van der Waals surface area contributed by atoms with E-state index >= 15 is 0 Å². The monoisotopic (exact) mass is 409 g/mol. The lowest BCUT2D eigenvalue weighted by molar-refractivity contribution is -0.138. The van der Waals surface area contributed by atoms with Gasteiger partial charge in [-0.05, 0) is 30.5 Å². The second kappa shape index (κ2) is 9.18. The van der Waals surface area contributed by atoms with Crippen molar-refractivity contribution < 1.29 is 9.59 Å². The Balaban J connectivity index is 1.71. The van der Waals surface area contributed by atoms with Crippen LogP contribution in [0.3, 0.4) is 0 Å². The predicted molar refractivity (Wildman–Crippen MR) is 118 cm³/mol. The normalized spacial score (nSPS) is 13.3. The number of amides is 2. The van der Waals surface area contributed by atoms with E-state index in [1.165, 1.54) is 0 Å². The number of fused-ring (bicyclic) bond motifs is 1. The number of benzene rings is 2. The molecule has 5 nitrogen and oxygen atoms in total. The molecule has 2 amide bonds. The van der Waals surface area contributed by atoms with E-state index in [0.29, 0.717) is 0 Å². The van der Waals surface area contributed by atoms with Crippen molar-refractivity contribution >= 4 is 33.4 Å². The van der Waals surface area contributed by atoms with Crippen LogP contribution in [0.15, 0.2) is 54.6 Å². The lowest BCUT2D eigenvalue weighted by Crippen LogP contribution is -2.51. The van der Waals surface area contributed by atoms with Crippen LogP contribution in [0.2, 0.25) is 0 Å². The highest BCUT2D eigenvalue weighted by molar-refractivity contribution is 7.18. The summed E-state index contributed by atoms with van der Waals surface area (Å²) >= 11 is 1.59. The third-order valence-electron chi connectivity index (χ3n) is 5.05. The zero-order valence-corrected chi connectivity index (χ0v) is 18.1. The maximum absolute atomic E-state index is 13.2. The van der Waals surface area contributed by atoms with Crippen LogP contribution in [0.4, 0.5) is 0 Å². The molecule has 0 aliphatic heterocycles. The fourth-order valence-electron chi connectivity index (χ4n) is 3.16. The van der Waals surface area contributed by atoms with Gasteiger partial charge in [0, 0.05) is 7.05 Å². The highest BCUT2D eigenvalue weighted by Gasteiger charge is 2.30. The van der Waals surface area contributed by atoms with Gasteiger partial charge in [-0.15, -0.1) is 11.3 Å². The van der Waals surface area contributed by atoms with Gasteiger partial charge in [0.05, 0.1) is 22.7 Å². The number of likely N-dealkylation sites (N-methyl/N-ethyl adjacent to an activating group) is 1. The average molecular weight is 410 g/mol. The van der Waals surface area contributed by atoms with Gasteiger partial charge in [0.2, 0.25) is 11.8 Å². The van der Waals surface area contributed by atoms with Crippen molar-refractivity contribution in [1.82, 2.24) is 15.2 Å². The van der Waals surface area contributed by atoms with Crippen LogP contribution in [0.5, 0.6) is 0 Å². The van der Waals surface area contributed by atoms with Crippen molar-refractivity contribution in [2.75, 3.05) is 7.05 Å². The van der Waals surface area contributed by atoms with Crippen LogP contribution < -0.4 is 5.32 Å². The van der Waals surface area contributed by atoms with Crippen LogP contribution >= 0.6 is 11.3 Å². The van der Waals surface area contributed by atoms with Crippen LogP contribution in [0, 0.1) is 5.92 Å². The van der Waals surface area contributed by atoms with E-state index in [1.54, 1.807) is 23.3 Å². The molecule has 6 heteroatoms. The summed E-state index contributed by atoms with van der Waals surface area (Å²) in [7, 11) is 1.78. The summed E-state index contributed by atoms with van der Waals surface area (Å²) in [6.07, 6.45) is 0.258. The summed E-state index contributed by atoms with van der Waals surface area (Å²) < 4.78 is 1.10. The van der Waals surface area contributed by atoms with Gasteiger partial charge < -0.3 is 10.2 Å². The molecule has 0 saturated heterocycles. The van der Waals surface area contributed by atoms with Crippen molar-refractivity contribution in [3.05, 3.63) is 65.2 Å². The van der Waals surface area contributed by atoms with Crippen LogP contribution in [-0.4, -0.2) is 34.8 Å². The molecular formula is C23H27N3O2S. The Bertz CT molecular complexity index is 951. The first kappa shape index (κ1) is 21.0. The minimum atomic E-state index is -0.576. The smallest absolute Gasteiger partial charge is 0.245 e. The van der Waals surface area contributed by atoms with Crippen molar-refractivity contribution in [2.45, 2.75) is 39.3 Å². The van der Waals surface area contributed by atoms with Gasteiger partial charge in [-0.2, -0.15) is 0 Å². The molecular weight excluding hydrogens is 382 g/mol. The molecule has 1 aromatic heterocycles. The Morgan fingerprint density at radius 3 is 2.34 bits per heavy atom. The number of nitrogens with zero attached hydrogens (tertiary/aromatic N) is 2. The summed E-state index contributed by atoms with van der Waals surface area (Å²) in [4.78, 5) is 32.1. The van der Waals surface area contributed by atoms with Gasteiger partial charge in [0.1, 0.15) is 11.0 Å². The molecule has 152 valence electrons. The predicted octanol–water partition coefficient (Wildman–Crippen LogP) is 4.20. The van der Waals surface area contributed by atoms with Crippen molar-refractivity contribution in [3.63, 3.8) is 0 Å². The molecule has 1 N–H and O–H groups in total. The molecule has 29 heavy (non-hydrogen) atoms. The third kappa shape index (κ3) is 5.01. The Labute approximate surface area is 175 Å². The van der Waals surface area contributed by atoms with Gasteiger partial charge in [0.25, 0.3) is 0 Å². The van der Waals surface area contributed by atoms with Crippen LogP contribution in [0.1, 0.15) is 37.4 Å². The summed E-state index contributed by atoms with van der Waals surface area (Å²) in [5.41, 5.74) is 1.87. The fourth-order valence-corrected chi connectivity index (χ4v) is 4.23. The summed E-state index contributed by atoms with van der Waals surface area (Å²) in [6.45, 7) is 5.86. The number of carbonyl (C=O) groups is 2. The Morgan fingerprint density at radius 1 is 1.03 bits per heavy atom. The minimum absolute atomic E-state index is 0.0211. The van der Waals surface area contributed by atoms with Crippen LogP contribution in [-0.2, 0) is 16.0 Å². The number of hydrogen-bond acceptors (Lipinski definition) is 4. The molecule has 0 fully saturated rings. The number of carbonyl (C=O) groups excluding carboxylic acids is 2. The molecule has 0 saturated carbocycles. The van der Waals surface area contributed by atoms with E-state index in [9.17, 15) is 9.59 Å². The maximum atomic E-state index is 13.2. The lowest BCUT2D eigenvalue weighted by Gasteiger charge is -2.30. The average Bonchev–Trinajstić information content (AvgIpc) is 3.15. The van der Waals surface area contributed by atoms with E-state index in [0.717, 1.165) is 20.8 Å². The molecule has 3 rings (SSSR count). The van der Waals surface area contributed by atoms with Crippen molar-refractivity contribution in [2.24, 2.45) is 5.92 Å². The summed E-state index contributed by atoms with van der Waals surface area (Å²) in [5, 5.41) is 3.82. The van der Waals surface area contributed by atoms with E-state index in [2.05, 4.69) is 10.3 Å². The van der Waals surface area contributed by atoms with E-state index < -0.39 is 6.04 Å². The molecule has 0 aliphatic rings.